The molecule has 3 fully saturated rings. The highest BCUT2D eigenvalue weighted by atomic mass is 33.1. The largest absolute Gasteiger partial charge is 0.508 e. The van der Waals surface area contributed by atoms with E-state index < -0.39 is 89.6 Å². The summed E-state index contributed by atoms with van der Waals surface area (Å²) in [6, 6.07) is 6.55. The van der Waals surface area contributed by atoms with Crippen LogP contribution >= 0.6 is 21.6 Å². The molecular weight excluding hydrogens is 959 g/mol. The summed E-state index contributed by atoms with van der Waals surface area (Å²) in [6.45, 7) is 0.357. The van der Waals surface area contributed by atoms with Gasteiger partial charge in [0.15, 0.2) is 5.96 Å². The van der Waals surface area contributed by atoms with Crippen LogP contribution in [0.3, 0.4) is 0 Å². The van der Waals surface area contributed by atoms with Crippen LogP contribution in [-0.4, -0.2) is 170 Å². The molecule has 3 aliphatic rings. The minimum Gasteiger partial charge on any atom is -0.508 e. The van der Waals surface area contributed by atoms with E-state index in [2.05, 4.69) is 46.9 Å². The summed E-state index contributed by atoms with van der Waals surface area (Å²) in [7, 11) is 4.13. The fourth-order valence-corrected chi connectivity index (χ4v) is 11.4. The molecule has 3 aliphatic heterocycles. The number of amides is 7. The summed E-state index contributed by atoms with van der Waals surface area (Å²) in [5.74, 6) is -5.79. The molecule has 2 bridgehead atoms. The van der Waals surface area contributed by atoms with E-state index in [4.69, 9.17) is 11.5 Å². The van der Waals surface area contributed by atoms with Crippen LogP contribution in [0, 0.1) is 0 Å². The van der Waals surface area contributed by atoms with E-state index in [1.165, 1.54) is 56.0 Å². The average molecular weight is 1020 g/mol. The van der Waals surface area contributed by atoms with Crippen molar-refractivity contribution in [2.45, 2.75) is 98.9 Å². The number of nitrogens with zero attached hydrogens (tertiary/aromatic N) is 4. The lowest BCUT2D eigenvalue weighted by molar-refractivity contribution is -0.145. The molecule has 4 heterocycles. The number of hydrogen-bond acceptors (Lipinski definition) is 14. The van der Waals surface area contributed by atoms with Crippen molar-refractivity contribution in [2.75, 3.05) is 39.0 Å². The van der Waals surface area contributed by atoms with Crippen molar-refractivity contribution in [3.8, 4) is 5.75 Å². The number of imidazole rings is 1. The van der Waals surface area contributed by atoms with Crippen LogP contribution in [0.4, 0.5) is 0 Å². The first-order valence-electron chi connectivity index (χ1n) is 23.2. The number of likely N-dealkylation sites (N-methyl/N-ethyl adjacent to an activating group) is 1. The molecule has 0 spiro atoms. The highest BCUT2D eigenvalue weighted by molar-refractivity contribution is 8.77. The molecule has 3 aromatic rings. The first-order valence-corrected chi connectivity index (χ1v) is 25.6. The fraction of sp³-hybridized carbons (Fsp3) is 0.478. The van der Waals surface area contributed by atoms with Gasteiger partial charge in [0.05, 0.1) is 12.9 Å². The first-order chi connectivity index (χ1) is 34.1. The van der Waals surface area contributed by atoms with E-state index in [1.54, 1.807) is 49.5 Å². The third kappa shape index (κ3) is 15.3. The Balaban J connectivity index is 1.23. The molecule has 0 saturated carbocycles. The number of guanidine groups is 1. The zero-order valence-electron chi connectivity index (χ0n) is 39.1. The van der Waals surface area contributed by atoms with Crippen LogP contribution in [-0.2, 0) is 57.6 Å². The maximum atomic E-state index is 14.6. The molecule has 382 valence electrons. The van der Waals surface area contributed by atoms with Crippen molar-refractivity contribution < 1.29 is 48.6 Å². The number of hydrogen-bond donors (Lipinski definition) is 11. The summed E-state index contributed by atoms with van der Waals surface area (Å²) in [4.78, 5) is 125. The Morgan fingerprint density at radius 2 is 1.62 bits per heavy atom. The second-order valence-corrected chi connectivity index (χ2v) is 20.2. The number of H-pyrrole nitrogens is 1. The Morgan fingerprint density at radius 3 is 2.31 bits per heavy atom. The third-order valence-electron chi connectivity index (χ3n) is 12.2. The molecule has 23 nitrogen and oxygen atoms in total. The highest BCUT2D eigenvalue weighted by Gasteiger charge is 2.45. The van der Waals surface area contributed by atoms with Gasteiger partial charge in [0, 0.05) is 61.8 Å². The summed E-state index contributed by atoms with van der Waals surface area (Å²) in [5.41, 5.74) is 12.7. The standard InChI is InChI=1S/C46H61N13O10S2/c1-49-22-38(61)53-31(9-5-15-51-46(47)48)43(66)59-23-30-20-37(59)42(65)54-32(17-27-11-13-29(60)14-12-27)39(62)57-35(24-70-71-30)40(63)55-33(19-28-21-50-25-52-28)44(67)58-16-6-10-36(58)41(64)56-34(45(68)69)18-26-7-3-2-4-8-26/h2-4,7-8,11-14,21,25,30-37,49,60H,5-6,9-10,15-20,22-24H2,1H3,(H,50,52)(H,53,61)(H,54,65)(H,55,63)(H,56,64)(H,57,62)(H,68,69)(H4,47,48,51)/t30-,31+,32+,33+,34+,35+,36+,37+/m1/s1. The van der Waals surface area contributed by atoms with E-state index in [1.807, 2.05) is 0 Å². The summed E-state index contributed by atoms with van der Waals surface area (Å²) in [5, 5.41) is 36.2. The number of aromatic amines is 1. The summed E-state index contributed by atoms with van der Waals surface area (Å²) < 4.78 is 0. The molecule has 8 atom stereocenters. The molecule has 3 saturated heterocycles. The van der Waals surface area contributed by atoms with Gasteiger partial charge in [-0.3, -0.25) is 38.6 Å². The molecule has 2 aromatic carbocycles. The number of carboxylic acid groups (broad SMARTS) is 1. The predicted molar refractivity (Wildman–Crippen MR) is 264 cm³/mol. The van der Waals surface area contributed by atoms with Gasteiger partial charge in [-0.25, -0.2) is 9.78 Å². The Bertz CT molecular complexity index is 2380. The van der Waals surface area contributed by atoms with Crippen molar-refractivity contribution in [1.29, 1.82) is 0 Å². The molecular formula is C46H61N13O10S2. The fourth-order valence-electron chi connectivity index (χ4n) is 8.64. The van der Waals surface area contributed by atoms with Gasteiger partial charge in [-0.15, -0.1) is 0 Å². The zero-order valence-corrected chi connectivity index (χ0v) is 40.7. The Labute approximate surface area is 417 Å². The molecule has 25 heteroatoms. The van der Waals surface area contributed by atoms with E-state index in [0.717, 1.165) is 0 Å². The predicted octanol–water partition coefficient (Wildman–Crippen LogP) is -1.72. The number of benzene rings is 2. The van der Waals surface area contributed by atoms with Gasteiger partial charge in [-0.1, -0.05) is 64.1 Å². The van der Waals surface area contributed by atoms with Crippen molar-refractivity contribution in [2.24, 2.45) is 16.5 Å². The number of carbonyl (C=O) groups excluding carboxylic acids is 7. The van der Waals surface area contributed by atoms with Crippen LogP contribution in [0.1, 0.15) is 48.9 Å². The number of fused-ring (bicyclic) bond motifs is 2. The SMILES string of the molecule is CNCC(=O)N[C@@H](CCCN=C(N)N)C(=O)N1C[C@H]2C[C@H]1C(=O)N[C@@H](Cc1ccc(O)cc1)C(=O)N[C@H](C(=O)N[C@@H](Cc1cnc[nH]1)C(=O)N1CCC[C@H]1C(=O)N[C@@H](Cc1ccccc1)C(=O)O)CSS2. The van der Waals surface area contributed by atoms with Crippen molar-refractivity contribution in [3.05, 3.63) is 83.9 Å². The minimum absolute atomic E-state index is 0.0157. The number of carbonyl (C=O) groups is 8. The number of aromatic hydroxyl groups is 1. The molecule has 7 amide bonds. The van der Waals surface area contributed by atoms with Gasteiger partial charge in [0.25, 0.3) is 0 Å². The van der Waals surface area contributed by atoms with Crippen LogP contribution in [0.2, 0.25) is 0 Å². The van der Waals surface area contributed by atoms with E-state index in [-0.39, 0.29) is 87.4 Å². The number of phenolic OH excluding ortho intramolecular Hbond substituents is 1. The highest BCUT2D eigenvalue weighted by Crippen LogP contribution is 2.37. The monoisotopic (exact) mass is 1020 g/mol. The maximum absolute atomic E-state index is 14.6. The number of aliphatic imine (C=N–C) groups is 1. The molecule has 0 unspecified atom stereocenters. The van der Waals surface area contributed by atoms with Gasteiger partial charge >= 0.3 is 5.97 Å². The van der Waals surface area contributed by atoms with Gasteiger partial charge in [0.2, 0.25) is 41.4 Å². The summed E-state index contributed by atoms with van der Waals surface area (Å²) >= 11 is 0. The number of nitrogens with two attached hydrogens (primary N) is 2. The number of phenols is 1. The number of aromatic nitrogens is 2. The van der Waals surface area contributed by atoms with Crippen LogP contribution < -0.4 is 43.4 Å². The van der Waals surface area contributed by atoms with Gasteiger partial charge in [0.1, 0.15) is 48.0 Å². The second kappa shape index (κ2) is 25.8. The Hall–Kier alpha value is -6.86. The van der Waals surface area contributed by atoms with E-state index in [0.29, 0.717) is 29.7 Å². The van der Waals surface area contributed by atoms with Gasteiger partial charge in [-0.2, -0.15) is 0 Å². The van der Waals surface area contributed by atoms with Gasteiger partial charge < -0.3 is 68.4 Å². The normalized spacial score (nSPS) is 21.5. The average Bonchev–Trinajstić information content (AvgIpc) is 4.14. The lowest BCUT2D eigenvalue weighted by atomic mass is 10.0. The lowest BCUT2D eigenvalue weighted by Gasteiger charge is -2.31. The van der Waals surface area contributed by atoms with E-state index in [9.17, 15) is 48.6 Å². The third-order valence-corrected chi connectivity index (χ3v) is 15.0. The number of likely N-dealkylation sites (tertiary alicyclic amines) is 2. The van der Waals surface area contributed by atoms with Gasteiger partial charge in [-0.05, 0) is 62.4 Å². The number of rotatable bonds is 20. The van der Waals surface area contributed by atoms with Crippen molar-refractivity contribution in [1.82, 2.24) is 51.7 Å². The molecule has 0 radical (unpaired) electrons. The molecule has 71 heavy (non-hydrogen) atoms. The number of nitrogens with one attached hydrogen (secondary N) is 7. The van der Waals surface area contributed by atoms with Crippen LogP contribution in [0.15, 0.2) is 72.1 Å². The van der Waals surface area contributed by atoms with Crippen molar-refractivity contribution >= 4 is 74.9 Å². The smallest absolute Gasteiger partial charge is 0.326 e. The second-order valence-electron chi connectivity index (χ2n) is 17.5. The molecule has 1 aromatic heterocycles. The molecule has 13 N–H and O–H groups in total. The lowest BCUT2D eigenvalue weighted by Crippen LogP contribution is -2.60. The van der Waals surface area contributed by atoms with E-state index >= 15 is 0 Å². The quantitative estimate of drug-likeness (QED) is 0.0260. The number of carboxylic acids is 1. The maximum Gasteiger partial charge on any atom is 0.326 e. The Kier molecular flexibility index (Phi) is 19.5. The Morgan fingerprint density at radius 1 is 0.887 bits per heavy atom. The first kappa shape index (κ1) is 53.5. The number of aliphatic carboxylic acids is 1. The topological polar surface area (TPSA) is 349 Å². The molecule has 0 aliphatic carbocycles. The molecule has 6 rings (SSSR count). The van der Waals surface area contributed by atoms with Crippen molar-refractivity contribution in [3.63, 3.8) is 0 Å². The zero-order chi connectivity index (χ0) is 51.0. The van der Waals surface area contributed by atoms with Crippen LogP contribution in [0.5, 0.6) is 5.75 Å². The summed E-state index contributed by atoms with van der Waals surface area (Å²) in [6.07, 6.45) is 4.08. The van der Waals surface area contributed by atoms with Crippen LogP contribution in [0.25, 0.3) is 0 Å². The minimum atomic E-state index is -1.30.